The highest BCUT2D eigenvalue weighted by atomic mass is 16.5. The minimum atomic E-state index is -0.955. The fraction of sp³-hybridized carbons (Fsp3) is 0.412. The van der Waals surface area contributed by atoms with Gasteiger partial charge >= 0.3 is 5.97 Å². The van der Waals surface area contributed by atoms with Gasteiger partial charge in [-0.3, -0.25) is 9.59 Å². The van der Waals surface area contributed by atoms with Crippen molar-refractivity contribution >= 4 is 11.9 Å². The van der Waals surface area contributed by atoms with Gasteiger partial charge in [-0.25, -0.2) is 0 Å². The van der Waals surface area contributed by atoms with Crippen LogP contribution in [0.4, 0.5) is 0 Å². The van der Waals surface area contributed by atoms with E-state index in [-0.39, 0.29) is 11.9 Å². The molecular formula is C17H17NO4. The van der Waals surface area contributed by atoms with E-state index >= 15 is 0 Å². The van der Waals surface area contributed by atoms with Crippen LogP contribution in [0.25, 0.3) is 0 Å². The summed E-state index contributed by atoms with van der Waals surface area (Å²) in [7, 11) is 0. The van der Waals surface area contributed by atoms with Crippen LogP contribution < -0.4 is 0 Å². The smallest absolute Gasteiger partial charge is 0.310 e. The molecule has 4 rings (SSSR count). The van der Waals surface area contributed by atoms with Gasteiger partial charge in [0, 0.05) is 0 Å². The molecular weight excluding hydrogens is 282 g/mol. The number of nitrogens with zero attached hydrogens (tertiary/aromatic N) is 1. The van der Waals surface area contributed by atoms with Crippen LogP contribution in [0.3, 0.4) is 0 Å². The Balaban J connectivity index is 1.68. The van der Waals surface area contributed by atoms with E-state index in [2.05, 4.69) is 0 Å². The predicted molar refractivity (Wildman–Crippen MR) is 77.9 cm³/mol. The van der Waals surface area contributed by atoms with Gasteiger partial charge in [0.15, 0.2) is 0 Å². The number of aliphatic carboxylic acids is 1. The van der Waals surface area contributed by atoms with E-state index in [1.54, 1.807) is 11.0 Å². The van der Waals surface area contributed by atoms with Gasteiger partial charge in [0.05, 0.1) is 24.6 Å². The maximum absolute atomic E-state index is 12.8. The third kappa shape index (κ3) is 1.63. The van der Waals surface area contributed by atoms with Crippen molar-refractivity contribution in [2.75, 3.05) is 6.54 Å². The van der Waals surface area contributed by atoms with Crippen LogP contribution in [0.5, 0.6) is 0 Å². The minimum absolute atomic E-state index is 0.0980. The van der Waals surface area contributed by atoms with Crippen molar-refractivity contribution in [2.45, 2.75) is 24.7 Å². The number of fused-ring (bicyclic) bond motifs is 1. The number of benzene rings is 1. The number of hydrogen-bond acceptors (Lipinski definition) is 3. The van der Waals surface area contributed by atoms with Gasteiger partial charge in [0.2, 0.25) is 5.91 Å². The summed E-state index contributed by atoms with van der Waals surface area (Å²) in [4.78, 5) is 26.1. The highest BCUT2D eigenvalue weighted by Gasteiger charge is 2.67. The Kier molecular flexibility index (Phi) is 2.72. The van der Waals surface area contributed by atoms with Crippen LogP contribution in [0, 0.1) is 11.8 Å². The Morgan fingerprint density at radius 3 is 2.82 bits per heavy atom. The first-order valence-electron chi connectivity index (χ1n) is 7.49. The number of rotatable bonds is 3. The lowest BCUT2D eigenvalue weighted by Crippen LogP contribution is -2.39. The molecule has 5 nitrogen and oxygen atoms in total. The molecule has 0 radical (unpaired) electrons. The lowest BCUT2D eigenvalue weighted by Gasteiger charge is -2.27. The standard InChI is InChI=1S/C17H17NO4/c1-10(11-5-3-2-4-6-11)18-9-17-8-7-12(22-17)13(16(20)21)14(17)15(18)19/h2-8,10,12-14H,9H2,1H3,(H,20,21)/t10-,12+,13+,14-,17+/m0/s1. The third-order valence-electron chi connectivity index (χ3n) is 5.16. The second kappa shape index (κ2) is 4.43. The van der Waals surface area contributed by atoms with Gasteiger partial charge in [-0.1, -0.05) is 42.5 Å². The number of carboxylic acids is 1. The van der Waals surface area contributed by atoms with Gasteiger partial charge in [0.1, 0.15) is 11.5 Å². The van der Waals surface area contributed by atoms with Crippen molar-refractivity contribution in [2.24, 2.45) is 11.8 Å². The zero-order valence-corrected chi connectivity index (χ0v) is 12.2. The SMILES string of the molecule is C[C@@H](c1ccccc1)N1C[C@@]23C=C[C@@H](O2)[C@@H](C(=O)O)[C@H]3C1=O. The van der Waals surface area contributed by atoms with E-state index in [9.17, 15) is 14.7 Å². The fourth-order valence-electron chi connectivity index (χ4n) is 4.05. The highest BCUT2D eigenvalue weighted by Crippen LogP contribution is 2.53. The number of carboxylic acid groups (broad SMARTS) is 1. The van der Waals surface area contributed by atoms with Crippen LogP contribution in [-0.2, 0) is 14.3 Å². The van der Waals surface area contributed by atoms with Crippen molar-refractivity contribution in [3.8, 4) is 0 Å². The van der Waals surface area contributed by atoms with E-state index in [0.717, 1.165) is 5.56 Å². The molecule has 5 atom stereocenters. The average Bonchev–Trinajstić information content (AvgIpc) is 3.15. The summed E-state index contributed by atoms with van der Waals surface area (Å²) in [5, 5.41) is 9.45. The second-order valence-electron chi connectivity index (χ2n) is 6.29. The number of likely N-dealkylation sites (tertiary alicyclic amines) is 1. The first-order valence-corrected chi connectivity index (χ1v) is 7.49. The van der Waals surface area contributed by atoms with Crippen LogP contribution in [0.1, 0.15) is 18.5 Å². The molecule has 1 aromatic carbocycles. The molecule has 3 aliphatic heterocycles. The Labute approximate surface area is 128 Å². The third-order valence-corrected chi connectivity index (χ3v) is 5.16. The Hall–Kier alpha value is -2.14. The van der Waals surface area contributed by atoms with E-state index in [0.29, 0.717) is 6.54 Å². The quantitative estimate of drug-likeness (QED) is 0.861. The van der Waals surface area contributed by atoms with Gasteiger partial charge in [-0.05, 0) is 12.5 Å². The molecule has 0 aliphatic carbocycles. The molecule has 3 heterocycles. The van der Waals surface area contributed by atoms with Crippen molar-refractivity contribution in [1.82, 2.24) is 4.90 Å². The Bertz CT molecular complexity index is 670. The zero-order valence-electron chi connectivity index (χ0n) is 12.2. The Morgan fingerprint density at radius 1 is 1.41 bits per heavy atom. The van der Waals surface area contributed by atoms with E-state index < -0.39 is 29.5 Å². The maximum Gasteiger partial charge on any atom is 0.310 e. The van der Waals surface area contributed by atoms with Crippen molar-refractivity contribution < 1.29 is 19.4 Å². The summed E-state index contributed by atoms with van der Waals surface area (Å²) in [6.45, 7) is 2.39. The summed E-state index contributed by atoms with van der Waals surface area (Å²) in [6, 6.07) is 9.67. The molecule has 114 valence electrons. The lowest BCUT2D eigenvalue weighted by molar-refractivity contribution is -0.148. The van der Waals surface area contributed by atoms with E-state index in [1.165, 1.54) is 0 Å². The van der Waals surface area contributed by atoms with Crippen LogP contribution >= 0.6 is 0 Å². The van der Waals surface area contributed by atoms with E-state index in [4.69, 9.17) is 4.74 Å². The van der Waals surface area contributed by atoms with Crippen molar-refractivity contribution in [3.05, 3.63) is 48.0 Å². The zero-order chi connectivity index (χ0) is 15.5. The molecule has 2 fully saturated rings. The molecule has 3 aliphatic rings. The number of ether oxygens (including phenoxy) is 1. The first-order chi connectivity index (χ1) is 10.5. The molecule has 1 amide bonds. The second-order valence-corrected chi connectivity index (χ2v) is 6.29. The number of hydrogen-bond donors (Lipinski definition) is 1. The molecule has 0 aromatic heterocycles. The maximum atomic E-state index is 12.8. The first kappa shape index (κ1) is 13.5. The minimum Gasteiger partial charge on any atom is -0.481 e. The molecule has 2 bridgehead atoms. The summed E-state index contributed by atoms with van der Waals surface area (Å²) >= 11 is 0. The number of carbonyl (C=O) groups excluding carboxylic acids is 1. The van der Waals surface area contributed by atoms with Crippen LogP contribution in [-0.4, -0.2) is 40.1 Å². The Morgan fingerprint density at radius 2 is 2.14 bits per heavy atom. The van der Waals surface area contributed by atoms with Gasteiger partial charge in [0.25, 0.3) is 0 Å². The summed E-state index contributed by atoms with van der Waals surface area (Å²) in [5.74, 6) is -2.45. The molecule has 2 saturated heterocycles. The molecule has 1 N–H and O–H groups in total. The normalized spacial score (nSPS) is 36.7. The van der Waals surface area contributed by atoms with Gasteiger partial charge in [-0.2, -0.15) is 0 Å². The molecule has 0 unspecified atom stereocenters. The predicted octanol–water partition coefficient (Wildman–Crippen LogP) is 1.61. The molecule has 22 heavy (non-hydrogen) atoms. The topological polar surface area (TPSA) is 66.8 Å². The largest absolute Gasteiger partial charge is 0.481 e. The summed E-state index contributed by atoms with van der Waals surface area (Å²) in [5.41, 5.74) is 0.283. The van der Waals surface area contributed by atoms with E-state index in [1.807, 2.05) is 43.3 Å². The van der Waals surface area contributed by atoms with Gasteiger partial charge < -0.3 is 14.7 Å². The highest BCUT2D eigenvalue weighted by molar-refractivity contribution is 5.91. The number of carbonyl (C=O) groups is 2. The molecule has 1 aromatic rings. The van der Waals surface area contributed by atoms with Crippen LogP contribution in [0.2, 0.25) is 0 Å². The van der Waals surface area contributed by atoms with Crippen LogP contribution in [0.15, 0.2) is 42.5 Å². The summed E-state index contributed by atoms with van der Waals surface area (Å²) < 4.78 is 5.89. The fourth-order valence-corrected chi connectivity index (χ4v) is 4.05. The monoisotopic (exact) mass is 299 g/mol. The average molecular weight is 299 g/mol. The molecule has 1 spiro atoms. The molecule has 5 heteroatoms. The van der Waals surface area contributed by atoms with Crippen molar-refractivity contribution in [3.63, 3.8) is 0 Å². The molecule has 0 saturated carbocycles. The lowest BCUT2D eigenvalue weighted by atomic mass is 9.77. The van der Waals surface area contributed by atoms with Gasteiger partial charge in [-0.15, -0.1) is 0 Å². The van der Waals surface area contributed by atoms with Crippen molar-refractivity contribution in [1.29, 1.82) is 0 Å². The summed E-state index contributed by atoms with van der Waals surface area (Å²) in [6.07, 6.45) is 3.21. The number of amides is 1.